The molecule has 9 heteroatoms. The van der Waals surface area contributed by atoms with Gasteiger partial charge in [0.25, 0.3) is 0 Å². The fourth-order valence-corrected chi connectivity index (χ4v) is 3.23. The Bertz CT molecular complexity index is 916. The van der Waals surface area contributed by atoms with Gasteiger partial charge in [0, 0.05) is 32.5 Å². The van der Waals surface area contributed by atoms with Gasteiger partial charge in [0.1, 0.15) is 5.82 Å². The van der Waals surface area contributed by atoms with Crippen LogP contribution in [0.5, 0.6) is 0 Å². The van der Waals surface area contributed by atoms with Crippen molar-refractivity contribution < 1.29 is 18.1 Å². The van der Waals surface area contributed by atoms with Crippen LogP contribution >= 0.6 is 12.4 Å². The number of hydrogen-bond acceptors (Lipinski definition) is 6. The van der Waals surface area contributed by atoms with Gasteiger partial charge in [-0.1, -0.05) is 17.3 Å². The summed E-state index contributed by atoms with van der Waals surface area (Å²) in [5, 5.41) is 7.13. The highest BCUT2D eigenvalue weighted by molar-refractivity contribution is 5.85. The van der Waals surface area contributed by atoms with Crippen LogP contribution in [0.3, 0.4) is 0 Å². The van der Waals surface area contributed by atoms with Crippen molar-refractivity contribution in [1.29, 1.82) is 0 Å². The van der Waals surface area contributed by atoms with Crippen molar-refractivity contribution in [2.75, 3.05) is 19.6 Å². The molecule has 0 aliphatic carbocycles. The molecule has 3 heterocycles. The second-order valence-electron chi connectivity index (χ2n) is 6.35. The Morgan fingerprint density at radius 3 is 3.00 bits per heavy atom. The first-order chi connectivity index (χ1) is 13.2. The molecule has 0 radical (unpaired) electrons. The molecule has 0 saturated carbocycles. The van der Waals surface area contributed by atoms with Gasteiger partial charge in [0.05, 0.1) is 12.3 Å². The number of carbonyl (C=O) groups is 1. The van der Waals surface area contributed by atoms with Crippen LogP contribution in [0.2, 0.25) is 0 Å². The number of rotatable bonds is 5. The van der Waals surface area contributed by atoms with Crippen molar-refractivity contribution in [3.63, 3.8) is 0 Å². The quantitative estimate of drug-likeness (QED) is 0.701. The average molecular weight is 407 g/mol. The Morgan fingerprint density at radius 2 is 2.21 bits per heavy atom. The number of benzene rings is 1. The van der Waals surface area contributed by atoms with Crippen molar-refractivity contribution in [3.05, 3.63) is 59.9 Å². The van der Waals surface area contributed by atoms with Crippen molar-refractivity contribution in [1.82, 2.24) is 20.4 Å². The van der Waals surface area contributed by atoms with Crippen molar-refractivity contribution in [3.8, 4) is 11.6 Å². The van der Waals surface area contributed by atoms with E-state index in [1.807, 2.05) is 6.07 Å². The molecule has 1 atom stereocenters. The number of nitrogens with one attached hydrogen (secondary N) is 1. The highest BCUT2D eigenvalue weighted by atomic mass is 35.5. The summed E-state index contributed by atoms with van der Waals surface area (Å²) < 4.78 is 24.0. The second-order valence-corrected chi connectivity index (χ2v) is 6.35. The minimum Gasteiger partial charge on any atom is -0.461 e. The standard InChI is InChI=1S/C19H19FN4O3.ClH/c20-14-4-1-3-13(11-14)15-12-21-8-9-24(15)18(25)7-6-17-22-19(23-27-17)16-5-2-10-26-16;/h1-5,10-11,15,21H,6-9,12H2;1H. The maximum atomic E-state index is 13.6. The SMILES string of the molecule is Cl.O=C(CCc1nc(-c2ccco2)no1)N1CCNCC1c1cccc(F)c1. The third kappa shape index (κ3) is 4.40. The number of carbonyl (C=O) groups excluding carboxylic acids is 1. The van der Waals surface area contributed by atoms with Crippen LogP contribution in [-0.2, 0) is 11.2 Å². The zero-order valence-electron chi connectivity index (χ0n) is 15.0. The average Bonchev–Trinajstić information content (AvgIpc) is 3.38. The molecule has 1 aromatic carbocycles. The second kappa shape index (κ2) is 8.99. The lowest BCUT2D eigenvalue weighted by Crippen LogP contribution is -2.48. The smallest absolute Gasteiger partial charge is 0.238 e. The first kappa shape index (κ1) is 20.0. The minimum atomic E-state index is -0.304. The summed E-state index contributed by atoms with van der Waals surface area (Å²) in [6, 6.07) is 9.67. The van der Waals surface area contributed by atoms with Crippen molar-refractivity contribution in [2.45, 2.75) is 18.9 Å². The molecule has 1 aliphatic rings. The topological polar surface area (TPSA) is 84.4 Å². The fourth-order valence-electron chi connectivity index (χ4n) is 3.23. The molecule has 3 aromatic rings. The first-order valence-electron chi connectivity index (χ1n) is 8.83. The number of aryl methyl sites for hydroxylation is 1. The van der Waals surface area contributed by atoms with Gasteiger partial charge in [0.2, 0.25) is 17.6 Å². The Labute approximate surface area is 167 Å². The van der Waals surface area contributed by atoms with E-state index in [1.165, 1.54) is 18.4 Å². The Morgan fingerprint density at radius 1 is 1.32 bits per heavy atom. The van der Waals surface area contributed by atoms with E-state index in [4.69, 9.17) is 8.94 Å². The lowest BCUT2D eigenvalue weighted by molar-refractivity contribution is -0.134. The van der Waals surface area contributed by atoms with E-state index in [0.717, 1.165) is 5.56 Å². The number of furan rings is 1. The van der Waals surface area contributed by atoms with Gasteiger partial charge in [0.15, 0.2) is 5.76 Å². The van der Waals surface area contributed by atoms with Crippen LogP contribution in [-0.4, -0.2) is 40.6 Å². The van der Waals surface area contributed by atoms with Gasteiger partial charge in [-0.3, -0.25) is 4.79 Å². The molecule has 1 unspecified atom stereocenters. The molecular weight excluding hydrogens is 387 g/mol. The molecule has 28 heavy (non-hydrogen) atoms. The molecule has 1 saturated heterocycles. The van der Waals surface area contributed by atoms with E-state index in [0.29, 0.717) is 43.5 Å². The van der Waals surface area contributed by atoms with Crippen LogP contribution in [0.25, 0.3) is 11.6 Å². The highest BCUT2D eigenvalue weighted by Crippen LogP contribution is 2.24. The van der Waals surface area contributed by atoms with E-state index in [2.05, 4.69) is 15.5 Å². The molecule has 148 valence electrons. The summed E-state index contributed by atoms with van der Waals surface area (Å²) in [6.07, 6.45) is 2.11. The minimum absolute atomic E-state index is 0. The molecule has 2 aromatic heterocycles. The summed E-state index contributed by atoms with van der Waals surface area (Å²) in [6.45, 7) is 1.88. The molecule has 1 aliphatic heterocycles. The highest BCUT2D eigenvalue weighted by Gasteiger charge is 2.28. The van der Waals surface area contributed by atoms with E-state index in [-0.39, 0.29) is 36.6 Å². The number of piperazine rings is 1. The van der Waals surface area contributed by atoms with Crippen LogP contribution in [0.15, 0.2) is 51.6 Å². The Balaban J connectivity index is 0.00000225. The molecule has 0 bridgehead atoms. The first-order valence-corrected chi connectivity index (χ1v) is 8.83. The van der Waals surface area contributed by atoms with Gasteiger partial charge < -0.3 is 19.2 Å². The van der Waals surface area contributed by atoms with Crippen molar-refractivity contribution in [2.24, 2.45) is 0 Å². The van der Waals surface area contributed by atoms with Crippen LogP contribution in [0, 0.1) is 5.82 Å². The molecule has 4 rings (SSSR count). The number of amides is 1. The number of aromatic nitrogens is 2. The Hall–Kier alpha value is -2.71. The van der Waals surface area contributed by atoms with Crippen LogP contribution in [0.1, 0.15) is 23.9 Å². The lowest BCUT2D eigenvalue weighted by atomic mass is 10.0. The molecule has 1 fully saturated rings. The summed E-state index contributed by atoms with van der Waals surface area (Å²) in [4.78, 5) is 18.8. The normalized spacial score (nSPS) is 16.6. The van der Waals surface area contributed by atoms with Gasteiger partial charge in [-0.05, 0) is 29.8 Å². The number of halogens is 2. The summed E-state index contributed by atoms with van der Waals surface area (Å²) >= 11 is 0. The van der Waals surface area contributed by atoms with Crippen LogP contribution < -0.4 is 5.32 Å². The molecule has 1 N–H and O–H groups in total. The predicted octanol–water partition coefficient (Wildman–Crippen LogP) is 3.00. The maximum absolute atomic E-state index is 13.6. The fraction of sp³-hybridized carbons (Fsp3) is 0.316. The van der Waals surface area contributed by atoms with Gasteiger partial charge >= 0.3 is 0 Å². The van der Waals surface area contributed by atoms with Crippen molar-refractivity contribution >= 4 is 18.3 Å². The zero-order valence-corrected chi connectivity index (χ0v) is 15.8. The van der Waals surface area contributed by atoms with E-state index < -0.39 is 0 Å². The monoisotopic (exact) mass is 406 g/mol. The van der Waals surface area contributed by atoms with E-state index in [9.17, 15) is 9.18 Å². The van der Waals surface area contributed by atoms with Gasteiger partial charge in [-0.15, -0.1) is 12.4 Å². The zero-order chi connectivity index (χ0) is 18.6. The molecule has 7 nitrogen and oxygen atoms in total. The molecular formula is C19H20ClFN4O3. The third-order valence-electron chi connectivity index (χ3n) is 4.56. The maximum Gasteiger partial charge on any atom is 0.238 e. The van der Waals surface area contributed by atoms with Gasteiger partial charge in [-0.2, -0.15) is 4.98 Å². The summed E-state index contributed by atoms with van der Waals surface area (Å²) in [5.41, 5.74) is 0.786. The predicted molar refractivity (Wildman–Crippen MR) is 101 cm³/mol. The largest absolute Gasteiger partial charge is 0.461 e. The van der Waals surface area contributed by atoms with E-state index >= 15 is 0 Å². The summed E-state index contributed by atoms with van der Waals surface area (Å²) in [5.74, 6) is 0.935. The number of hydrogen-bond donors (Lipinski definition) is 1. The third-order valence-corrected chi connectivity index (χ3v) is 4.56. The Kier molecular flexibility index (Phi) is 6.43. The van der Waals surface area contributed by atoms with Gasteiger partial charge in [-0.25, -0.2) is 4.39 Å². The molecule has 0 spiro atoms. The van der Waals surface area contributed by atoms with Crippen LogP contribution in [0.4, 0.5) is 4.39 Å². The molecule has 1 amide bonds. The number of nitrogens with zero attached hydrogens (tertiary/aromatic N) is 3. The summed E-state index contributed by atoms with van der Waals surface area (Å²) in [7, 11) is 0. The lowest BCUT2D eigenvalue weighted by Gasteiger charge is -2.36. The van der Waals surface area contributed by atoms with E-state index in [1.54, 1.807) is 23.1 Å².